The molecule has 0 saturated carbocycles. The van der Waals surface area contributed by atoms with Crippen LogP contribution >= 0.6 is 0 Å². The number of amides is 4. The van der Waals surface area contributed by atoms with Crippen LogP contribution in [0.2, 0.25) is 0 Å². The number of ether oxygens (including phenoxy) is 2. The Labute approximate surface area is 152 Å². The lowest BCUT2D eigenvalue weighted by molar-refractivity contribution is -0.137. The van der Waals surface area contributed by atoms with Crippen molar-refractivity contribution in [2.45, 2.75) is 26.0 Å². The fourth-order valence-corrected chi connectivity index (χ4v) is 2.96. The molecule has 140 valence electrons. The molecular weight excluding hydrogens is 338 g/mol. The normalized spacial score (nSPS) is 21.8. The van der Waals surface area contributed by atoms with Crippen molar-refractivity contribution in [1.29, 1.82) is 0 Å². The number of imide groups is 1. The third-order valence-corrected chi connectivity index (χ3v) is 4.49. The van der Waals surface area contributed by atoms with Gasteiger partial charge in [-0.05, 0) is 18.1 Å². The highest BCUT2D eigenvalue weighted by molar-refractivity contribution is 6.06. The van der Waals surface area contributed by atoms with Crippen molar-refractivity contribution in [3.8, 4) is 11.5 Å². The van der Waals surface area contributed by atoms with Gasteiger partial charge in [-0.2, -0.15) is 0 Å². The molecule has 2 aliphatic rings. The number of carbonyl (C=O) groups excluding carboxylic acids is 3. The predicted molar refractivity (Wildman–Crippen MR) is 92.9 cm³/mol. The van der Waals surface area contributed by atoms with Crippen LogP contribution in [-0.4, -0.2) is 66.5 Å². The van der Waals surface area contributed by atoms with E-state index >= 15 is 0 Å². The van der Waals surface area contributed by atoms with Gasteiger partial charge in [0.2, 0.25) is 5.91 Å². The molecular formula is C18H23N3O5. The molecule has 2 atom stereocenters. The molecule has 0 spiro atoms. The summed E-state index contributed by atoms with van der Waals surface area (Å²) in [4.78, 5) is 39.1. The highest BCUT2D eigenvalue weighted by Crippen LogP contribution is 2.30. The van der Waals surface area contributed by atoms with E-state index in [-0.39, 0.29) is 30.4 Å². The maximum atomic E-state index is 12.4. The number of fused-ring (bicyclic) bond motifs is 1. The Hall–Kier alpha value is -2.77. The van der Waals surface area contributed by atoms with Crippen molar-refractivity contribution < 1.29 is 23.9 Å². The van der Waals surface area contributed by atoms with E-state index < -0.39 is 12.1 Å². The maximum absolute atomic E-state index is 12.4. The van der Waals surface area contributed by atoms with Gasteiger partial charge < -0.3 is 19.7 Å². The van der Waals surface area contributed by atoms with E-state index in [0.29, 0.717) is 24.7 Å². The Kier molecular flexibility index (Phi) is 5.01. The van der Waals surface area contributed by atoms with Crippen LogP contribution in [0, 0.1) is 5.92 Å². The van der Waals surface area contributed by atoms with E-state index in [9.17, 15) is 14.4 Å². The van der Waals surface area contributed by atoms with E-state index in [1.165, 1.54) is 4.90 Å². The standard InChI is InChI=1S/C18H23N3O5/c1-11(2)16-17(23)21(18(24)19-16)9-15(22)20(3)8-12-10-25-13-6-4-5-7-14(13)26-12/h4-7,11-12,16H,8-10H2,1-3H3,(H,19,24). The molecule has 3 rings (SSSR count). The topological polar surface area (TPSA) is 88.2 Å². The van der Waals surface area contributed by atoms with Crippen LogP contribution in [0.25, 0.3) is 0 Å². The molecule has 0 aliphatic carbocycles. The van der Waals surface area contributed by atoms with Gasteiger partial charge in [-0.3, -0.25) is 14.5 Å². The molecule has 0 radical (unpaired) electrons. The van der Waals surface area contributed by atoms with Gasteiger partial charge in [0.1, 0.15) is 19.2 Å². The fraction of sp³-hybridized carbons (Fsp3) is 0.500. The Bertz CT molecular complexity index is 721. The molecule has 1 aromatic rings. The second-order valence-electron chi connectivity index (χ2n) is 6.87. The van der Waals surface area contributed by atoms with Gasteiger partial charge in [-0.1, -0.05) is 26.0 Å². The first-order chi connectivity index (χ1) is 12.4. The number of carbonyl (C=O) groups is 3. The molecule has 1 fully saturated rings. The number of benzene rings is 1. The Morgan fingerprint density at radius 3 is 2.65 bits per heavy atom. The minimum atomic E-state index is -0.577. The summed E-state index contributed by atoms with van der Waals surface area (Å²) in [6.07, 6.45) is -0.314. The van der Waals surface area contributed by atoms with Crippen LogP contribution in [0.15, 0.2) is 24.3 Å². The van der Waals surface area contributed by atoms with Crippen LogP contribution in [0.5, 0.6) is 11.5 Å². The van der Waals surface area contributed by atoms with Gasteiger partial charge in [0.25, 0.3) is 5.91 Å². The van der Waals surface area contributed by atoms with Crippen molar-refractivity contribution in [3.05, 3.63) is 24.3 Å². The van der Waals surface area contributed by atoms with Crippen LogP contribution in [-0.2, 0) is 9.59 Å². The second-order valence-corrected chi connectivity index (χ2v) is 6.87. The summed E-state index contributed by atoms with van der Waals surface area (Å²) >= 11 is 0. The number of rotatable bonds is 5. The van der Waals surface area contributed by atoms with Crippen molar-refractivity contribution in [1.82, 2.24) is 15.1 Å². The summed E-state index contributed by atoms with van der Waals surface area (Å²) < 4.78 is 11.5. The third-order valence-electron chi connectivity index (χ3n) is 4.49. The second kappa shape index (κ2) is 7.23. The Balaban J connectivity index is 1.56. The third kappa shape index (κ3) is 3.58. The molecule has 2 unspecified atom stereocenters. The summed E-state index contributed by atoms with van der Waals surface area (Å²) in [6.45, 7) is 4.03. The lowest BCUT2D eigenvalue weighted by Gasteiger charge is -2.30. The smallest absolute Gasteiger partial charge is 0.325 e. The lowest BCUT2D eigenvalue weighted by Crippen LogP contribution is -2.46. The van der Waals surface area contributed by atoms with Gasteiger partial charge in [0, 0.05) is 7.05 Å². The quantitative estimate of drug-likeness (QED) is 0.786. The Morgan fingerprint density at radius 2 is 2.00 bits per heavy atom. The molecule has 1 aromatic carbocycles. The van der Waals surface area contributed by atoms with Crippen molar-refractivity contribution in [2.24, 2.45) is 5.92 Å². The van der Waals surface area contributed by atoms with Gasteiger partial charge in [0.15, 0.2) is 17.6 Å². The number of likely N-dealkylation sites (N-methyl/N-ethyl adjacent to an activating group) is 1. The molecule has 2 aliphatic heterocycles. The lowest BCUT2D eigenvalue weighted by atomic mass is 10.1. The molecule has 0 aromatic heterocycles. The molecule has 1 saturated heterocycles. The molecule has 0 bridgehead atoms. The number of para-hydroxylation sites is 2. The largest absolute Gasteiger partial charge is 0.486 e. The van der Waals surface area contributed by atoms with Crippen molar-refractivity contribution in [2.75, 3.05) is 26.7 Å². The van der Waals surface area contributed by atoms with Crippen LogP contribution in [0.1, 0.15) is 13.8 Å². The molecule has 8 heteroatoms. The predicted octanol–water partition coefficient (Wildman–Crippen LogP) is 0.861. The van der Waals surface area contributed by atoms with E-state index in [1.54, 1.807) is 7.05 Å². The van der Waals surface area contributed by atoms with Crippen LogP contribution < -0.4 is 14.8 Å². The van der Waals surface area contributed by atoms with Crippen LogP contribution in [0.4, 0.5) is 4.79 Å². The van der Waals surface area contributed by atoms with E-state index in [0.717, 1.165) is 4.90 Å². The van der Waals surface area contributed by atoms with Crippen molar-refractivity contribution in [3.63, 3.8) is 0 Å². The summed E-state index contributed by atoms with van der Waals surface area (Å²) in [5.74, 6) is 0.589. The molecule has 4 amide bonds. The first kappa shape index (κ1) is 18.0. The average Bonchev–Trinajstić information content (AvgIpc) is 2.90. The van der Waals surface area contributed by atoms with Gasteiger partial charge in [-0.25, -0.2) is 4.79 Å². The highest BCUT2D eigenvalue weighted by atomic mass is 16.6. The van der Waals surface area contributed by atoms with Gasteiger partial charge >= 0.3 is 6.03 Å². The number of hydrogen-bond donors (Lipinski definition) is 1. The Morgan fingerprint density at radius 1 is 1.31 bits per heavy atom. The van der Waals surface area contributed by atoms with E-state index in [1.807, 2.05) is 38.1 Å². The molecule has 26 heavy (non-hydrogen) atoms. The average molecular weight is 361 g/mol. The SMILES string of the molecule is CC(C)C1NC(=O)N(CC(=O)N(C)CC2COc3ccccc3O2)C1=O. The highest BCUT2D eigenvalue weighted by Gasteiger charge is 2.40. The number of hydrogen-bond acceptors (Lipinski definition) is 5. The van der Waals surface area contributed by atoms with E-state index in [2.05, 4.69) is 5.32 Å². The zero-order valence-electron chi connectivity index (χ0n) is 15.1. The number of nitrogens with zero attached hydrogens (tertiary/aromatic N) is 2. The van der Waals surface area contributed by atoms with E-state index in [4.69, 9.17) is 9.47 Å². The minimum absolute atomic E-state index is 0.0304. The molecule has 2 heterocycles. The summed E-state index contributed by atoms with van der Waals surface area (Å²) in [7, 11) is 1.62. The zero-order chi connectivity index (χ0) is 18.8. The number of nitrogens with one attached hydrogen (secondary N) is 1. The number of urea groups is 1. The monoisotopic (exact) mass is 361 g/mol. The van der Waals surface area contributed by atoms with Gasteiger partial charge in [0.05, 0.1) is 6.54 Å². The molecule has 1 N–H and O–H groups in total. The fourth-order valence-electron chi connectivity index (χ4n) is 2.96. The van der Waals surface area contributed by atoms with Gasteiger partial charge in [-0.15, -0.1) is 0 Å². The molecule has 8 nitrogen and oxygen atoms in total. The zero-order valence-corrected chi connectivity index (χ0v) is 15.1. The first-order valence-corrected chi connectivity index (χ1v) is 8.61. The summed E-state index contributed by atoms with van der Waals surface area (Å²) in [5.41, 5.74) is 0. The maximum Gasteiger partial charge on any atom is 0.325 e. The summed E-state index contributed by atoms with van der Waals surface area (Å²) in [5, 5.41) is 2.61. The van der Waals surface area contributed by atoms with Crippen molar-refractivity contribution >= 4 is 17.8 Å². The summed E-state index contributed by atoms with van der Waals surface area (Å²) in [6, 6.07) is 6.24. The van der Waals surface area contributed by atoms with Crippen LogP contribution in [0.3, 0.4) is 0 Å². The minimum Gasteiger partial charge on any atom is -0.486 e. The first-order valence-electron chi connectivity index (χ1n) is 8.61.